The molecule has 0 saturated heterocycles. The molecule has 0 bridgehead atoms. The second kappa shape index (κ2) is 12.5. The number of rotatable bonds is 7. The van der Waals surface area contributed by atoms with Crippen molar-refractivity contribution < 1.29 is 50.5 Å². The van der Waals surface area contributed by atoms with Crippen LogP contribution in [0.2, 0.25) is 0 Å². The number of allylic oxidation sites excluding steroid dienone is 4. The van der Waals surface area contributed by atoms with Gasteiger partial charge in [0.25, 0.3) is 5.60 Å². The zero-order chi connectivity index (χ0) is 30.8. The number of carbonyl (C=O) groups is 2. The molecule has 0 heterocycles. The smallest absolute Gasteiger partial charge is 0.429 e. The lowest BCUT2D eigenvalue weighted by Gasteiger charge is -2.44. The number of esters is 2. The fraction of sp³-hybridized carbons (Fsp3) is 0.733. The van der Waals surface area contributed by atoms with Crippen LogP contribution in [-0.2, 0) is 19.1 Å². The largest absolute Gasteiger partial charge is 0.462 e. The Morgan fingerprint density at radius 2 is 1.56 bits per heavy atom. The van der Waals surface area contributed by atoms with E-state index in [1.54, 1.807) is 0 Å². The fourth-order valence-corrected chi connectivity index (χ4v) is 7.32. The monoisotopic (exact) mass is 594 g/mol. The average molecular weight is 595 g/mol. The van der Waals surface area contributed by atoms with Gasteiger partial charge in [0, 0.05) is 33.1 Å². The first-order valence-corrected chi connectivity index (χ1v) is 14.1. The van der Waals surface area contributed by atoms with Gasteiger partial charge in [0.05, 0.1) is 0 Å². The predicted molar refractivity (Wildman–Crippen MR) is 139 cm³/mol. The molecular formula is C30H40F6O5. The van der Waals surface area contributed by atoms with Gasteiger partial charge in [0.2, 0.25) is 0 Å². The molecule has 232 valence electrons. The van der Waals surface area contributed by atoms with E-state index in [1.165, 1.54) is 19.4 Å². The molecule has 4 unspecified atom stereocenters. The summed E-state index contributed by atoms with van der Waals surface area (Å²) in [6, 6.07) is 0. The molecule has 0 aromatic heterocycles. The third-order valence-corrected chi connectivity index (χ3v) is 9.16. The van der Waals surface area contributed by atoms with Gasteiger partial charge in [-0.2, -0.15) is 26.3 Å². The first-order valence-electron chi connectivity index (χ1n) is 14.1. The summed E-state index contributed by atoms with van der Waals surface area (Å²) >= 11 is 0. The SMILES string of the molecule is CC(=O)OC1C/C(=C/C=C2\CCC[C@@]3(C)C2CCC3C(C)C/C=C\C(O)(C(F)(F)F)C(F)(F)F)C[C@@H](OC(C)=O)C1. The van der Waals surface area contributed by atoms with Crippen molar-refractivity contribution in [3.63, 3.8) is 0 Å². The molecule has 0 radical (unpaired) electrons. The highest BCUT2D eigenvalue weighted by molar-refractivity contribution is 5.67. The highest BCUT2D eigenvalue weighted by atomic mass is 19.4. The van der Waals surface area contributed by atoms with Gasteiger partial charge in [-0.15, -0.1) is 0 Å². The third kappa shape index (κ3) is 7.56. The van der Waals surface area contributed by atoms with Crippen molar-refractivity contribution in [2.24, 2.45) is 23.2 Å². The van der Waals surface area contributed by atoms with Crippen molar-refractivity contribution in [3.05, 3.63) is 35.5 Å². The molecule has 3 aliphatic rings. The normalized spacial score (nSPS) is 32.3. The molecule has 3 fully saturated rings. The van der Waals surface area contributed by atoms with E-state index in [4.69, 9.17) is 9.47 Å². The summed E-state index contributed by atoms with van der Waals surface area (Å²) in [7, 11) is 0. The summed E-state index contributed by atoms with van der Waals surface area (Å²) in [5.41, 5.74) is -2.78. The molecule has 0 aromatic carbocycles. The summed E-state index contributed by atoms with van der Waals surface area (Å²) in [4.78, 5) is 23.0. The summed E-state index contributed by atoms with van der Waals surface area (Å²) < 4.78 is 89.0. The Morgan fingerprint density at radius 1 is 1.00 bits per heavy atom. The van der Waals surface area contributed by atoms with Gasteiger partial charge < -0.3 is 14.6 Å². The zero-order valence-electron chi connectivity index (χ0n) is 23.9. The second-order valence-corrected chi connectivity index (χ2v) is 12.1. The molecule has 0 aliphatic heterocycles. The summed E-state index contributed by atoms with van der Waals surface area (Å²) in [5.74, 6) is -0.668. The van der Waals surface area contributed by atoms with Crippen LogP contribution in [0.4, 0.5) is 26.3 Å². The Labute approximate surface area is 237 Å². The standard InChI is InChI=1S/C30H40F6O5/c1-18(7-5-14-28(39,29(31,32)33)30(34,35)36)25-11-12-26-22(8-6-13-27(25,26)4)10-9-21-15-23(40-19(2)37)17-24(16-21)41-20(3)38/h5,9-10,14,18,23-26,39H,6-8,11-13,15-17H2,1-4H3/b14-5-,21-9-,22-10+/t18?,23?,24-,25?,26?,27-/m1/s1. The summed E-state index contributed by atoms with van der Waals surface area (Å²) in [5, 5.41) is 9.42. The first-order chi connectivity index (χ1) is 18.9. The minimum Gasteiger partial charge on any atom is -0.462 e. The van der Waals surface area contributed by atoms with Gasteiger partial charge in [-0.1, -0.05) is 43.2 Å². The number of alkyl halides is 6. The van der Waals surface area contributed by atoms with Crippen LogP contribution in [0.1, 0.15) is 85.5 Å². The molecule has 6 atom stereocenters. The maximum atomic E-state index is 13.0. The highest BCUT2D eigenvalue weighted by Crippen LogP contribution is 2.60. The number of hydrogen-bond donors (Lipinski definition) is 1. The minimum atomic E-state index is -5.87. The van der Waals surface area contributed by atoms with Crippen LogP contribution < -0.4 is 0 Å². The van der Waals surface area contributed by atoms with Crippen molar-refractivity contribution in [1.29, 1.82) is 0 Å². The molecule has 3 saturated carbocycles. The maximum absolute atomic E-state index is 13.0. The van der Waals surface area contributed by atoms with E-state index >= 15 is 0 Å². The molecule has 3 aliphatic carbocycles. The fourth-order valence-electron chi connectivity index (χ4n) is 7.32. The number of fused-ring (bicyclic) bond motifs is 1. The van der Waals surface area contributed by atoms with Crippen LogP contribution in [0.5, 0.6) is 0 Å². The van der Waals surface area contributed by atoms with Gasteiger partial charge in [-0.3, -0.25) is 9.59 Å². The molecule has 3 rings (SSSR count). The Hall–Kier alpha value is -2.30. The van der Waals surface area contributed by atoms with Crippen molar-refractivity contribution in [2.45, 2.75) is 116 Å². The quantitative estimate of drug-likeness (QED) is 0.187. The van der Waals surface area contributed by atoms with Crippen LogP contribution in [0, 0.1) is 23.2 Å². The summed E-state index contributed by atoms with van der Waals surface area (Å²) in [6.07, 6.45) is -1.88. The molecule has 0 spiro atoms. The number of aliphatic hydroxyl groups is 1. The van der Waals surface area contributed by atoms with E-state index in [-0.39, 0.29) is 47.9 Å². The highest BCUT2D eigenvalue weighted by Gasteiger charge is 2.69. The molecule has 0 aromatic rings. The van der Waals surface area contributed by atoms with Crippen LogP contribution in [0.15, 0.2) is 35.5 Å². The number of ether oxygens (including phenoxy) is 2. The van der Waals surface area contributed by atoms with Gasteiger partial charge in [-0.25, -0.2) is 0 Å². The van der Waals surface area contributed by atoms with E-state index < -0.39 is 29.9 Å². The van der Waals surface area contributed by atoms with Gasteiger partial charge >= 0.3 is 24.3 Å². The first kappa shape index (κ1) is 33.2. The van der Waals surface area contributed by atoms with Gasteiger partial charge in [0.15, 0.2) is 0 Å². The Kier molecular flexibility index (Phi) is 10.1. The topological polar surface area (TPSA) is 72.8 Å². The lowest BCUT2D eigenvalue weighted by atomic mass is 9.61. The maximum Gasteiger partial charge on any atom is 0.429 e. The van der Waals surface area contributed by atoms with Crippen molar-refractivity contribution in [2.75, 3.05) is 0 Å². The second-order valence-electron chi connectivity index (χ2n) is 12.1. The molecule has 11 heteroatoms. The molecule has 41 heavy (non-hydrogen) atoms. The predicted octanol–water partition coefficient (Wildman–Crippen LogP) is 7.54. The lowest BCUT2D eigenvalue weighted by molar-refractivity contribution is -0.347. The van der Waals surface area contributed by atoms with E-state index in [9.17, 15) is 41.0 Å². The third-order valence-electron chi connectivity index (χ3n) is 9.16. The van der Waals surface area contributed by atoms with E-state index in [1.807, 2.05) is 13.0 Å². The lowest BCUT2D eigenvalue weighted by Crippen LogP contribution is -2.55. The Morgan fingerprint density at radius 3 is 2.07 bits per heavy atom. The van der Waals surface area contributed by atoms with Gasteiger partial charge in [-0.05, 0) is 67.8 Å². The molecule has 5 nitrogen and oxygen atoms in total. The van der Waals surface area contributed by atoms with Crippen LogP contribution in [-0.4, -0.2) is 47.2 Å². The molecule has 0 amide bonds. The Balaban J connectivity index is 1.75. The van der Waals surface area contributed by atoms with Crippen molar-refractivity contribution in [3.8, 4) is 0 Å². The Bertz CT molecular complexity index is 1020. The number of hydrogen-bond acceptors (Lipinski definition) is 5. The van der Waals surface area contributed by atoms with Crippen LogP contribution >= 0.6 is 0 Å². The van der Waals surface area contributed by atoms with Gasteiger partial charge in [0.1, 0.15) is 12.2 Å². The number of carbonyl (C=O) groups excluding carboxylic acids is 2. The van der Waals surface area contributed by atoms with E-state index in [0.717, 1.165) is 43.8 Å². The minimum absolute atomic E-state index is 0.0143. The molecule has 1 N–H and O–H groups in total. The number of halogens is 6. The van der Waals surface area contributed by atoms with Crippen LogP contribution in [0.3, 0.4) is 0 Å². The zero-order valence-corrected chi connectivity index (χ0v) is 23.9. The van der Waals surface area contributed by atoms with E-state index in [0.29, 0.717) is 19.3 Å². The van der Waals surface area contributed by atoms with Crippen LogP contribution in [0.25, 0.3) is 0 Å². The molecular weight excluding hydrogens is 554 g/mol. The summed E-state index contributed by atoms with van der Waals surface area (Å²) in [6.45, 7) is 6.67. The average Bonchev–Trinajstić information content (AvgIpc) is 3.17. The van der Waals surface area contributed by atoms with Crippen molar-refractivity contribution >= 4 is 11.9 Å². The van der Waals surface area contributed by atoms with E-state index in [2.05, 4.69) is 13.0 Å². The van der Waals surface area contributed by atoms with Crippen molar-refractivity contribution in [1.82, 2.24) is 0 Å².